The molecule has 2 aliphatic carbocycles. The summed E-state index contributed by atoms with van der Waals surface area (Å²) in [4.78, 5) is 96.6. The number of hydrogen-bond donors (Lipinski definition) is 10. The van der Waals surface area contributed by atoms with Crippen LogP contribution in [0.25, 0.3) is 0 Å². The van der Waals surface area contributed by atoms with Crippen molar-refractivity contribution in [2.45, 2.75) is 101 Å². The predicted molar refractivity (Wildman–Crippen MR) is 341 cm³/mol. The van der Waals surface area contributed by atoms with Gasteiger partial charge in [-0.15, -0.1) is 5.09 Å². The second-order valence-corrected chi connectivity index (χ2v) is 26.6. The van der Waals surface area contributed by atoms with Gasteiger partial charge in [0.2, 0.25) is 29.4 Å². The molecule has 95 heavy (non-hydrogen) atoms. The number of carbonyl (C=O) groups excluding carboxylic acids is 7. The number of phenols is 2. The van der Waals surface area contributed by atoms with Crippen LogP contribution in [0.5, 0.6) is 17.2 Å². The van der Waals surface area contributed by atoms with Gasteiger partial charge in [-0.1, -0.05) is 56.3 Å². The summed E-state index contributed by atoms with van der Waals surface area (Å²) < 4.78 is 74.4. The minimum Gasteiger partial charge on any atom is -0.507 e. The quantitative estimate of drug-likeness (QED) is 0.0194. The van der Waals surface area contributed by atoms with Gasteiger partial charge in [0.1, 0.15) is 74.3 Å². The standard InChI is InChI=1S/C61H83N8O23P3/c1-36(2)28-42(66-60(80)43(29-38-10-7-6-8-11-38)65-48(73)34-63-94-67-93-68-95(69-94)90-27-26-89-25-24-88-23-22-87-21-20-86-19-18-85-17-16-84-15-14-82-4)59(79)62-33-47(72)64-41-30-49(91-37(3)54(41)74)92-45-32-61(81,46(71)35-70)31-40-51(45)58(78)53-52(56(40)76)55(75)39-12-9-13-44(83-5)50(39)57(53)77/h6-13,36-37,41-43,45,49,54,70,74,81H,14-35H2,1-5H3,(H5-2,62,63,64,65,66,67,68,69,72,73,75,76,77,78,79,80)/p+2/t37-,41+,42-,43-,45-,49-,54+,61-/m0/s1. The highest BCUT2D eigenvalue weighted by Crippen LogP contribution is 2.52. The Bertz CT molecular complexity index is 3240. The number of methoxy groups -OCH3 is 2. The van der Waals surface area contributed by atoms with Gasteiger partial charge in [-0.2, -0.15) is 4.52 Å². The fraction of sp³-hybridized carbons (Fsp3) is 0.590. The first kappa shape index (κ1) is 76.1. The van der Waals surface area contributed by atoms with Crippen LogP contribution in [-0.2, 0) is 79.4 Å². The molecule has 2 heterocycles. The van der Waals surface area contributed by atoms with E-state index in [1.807, 2.05) is 13.8 Å². The lowest BCUT2D eigenvalue weighted by atomic mass is 9.72. The maximum atomic E-state index is 14.2. The lowest BCUT2D eigenvalue weighted by molar-refractivity contribution is -0.249. The Morgan fingerprint density at radius 1 is 0.737 bits per heavy atom. The Morgan fingerprint density at radius 2 is 1.36 bits per heavy atom. The minimum atomic E-state index is -2.44. The lowest BCUT2D eigenvalue weighted by Crippen LogP contribution is -2.58. The number of fused-ring (bicyclic) bond motifs is 3. The molecule has 4 amide bonds. The van der Waals surface area contributed by atoms with Crippen LogP contribution in [0, 0.1) is 5.92 Å². The monoisotopic (exact) mass is 1390 g/mol. The van der Waals surface area contributed by atoms with Crippen molar-refractivity contribution < 1.29 is 111 Å². The highest BCUT2D eigenvalue weighted by Gasteiger charge is 2.50. The highest BCUT2D eigenvalue weighted by atomic mass is 31.2. The molecule has 520 valence electrons. The molecule has 1 saturated heterocycles. The van der Waals surface area contributed by atoms with Gasteiger partial charge >= 0.3 is 24.6 Å². The van der Waals surface area contributed by atoms with Crippen LogP contribution < -0.4 is 35.6 Å². The number of ketones is 3. The highest BCUT2D eigenvalue weighted by molar-refractivity contribution is 7.57. The Labute approximate surface area is 552 Å². The molecular formula is C61H85N8O23P3+2. The number of aliphatic hydroxyl groups excluding tert-OH is 2. The smallest absolute Gasteiger partial charge is 0.507 e. The van der Waals surface area contributed by atoms with Gasteiger partial charge in [-0.25, -0.2) is 0 Å². The van der Waals surface area contributed by atoms with Crippen LogP contribution in [0.2, 0.25) is 0 Å². The van der Waals surface area contributed by atoms with Crippen molar-refractivity contribution in [2.75, 3.05) is 131 Å². The first-order chi connectivity index (χ1) is 45.8. The van der Waals surface area contributed by atoms with E-state index in [0.29, 0.717) is 93.4 Å². The maximum absolute atomic E-state index is 14.2. The third kappa shape index (κ3) is 22.1. The molecule has 0 bridgehead atoms. The molecule has 0 radical (unpaired) electrons. The SMILES string of the molecule is COCCOCCOCCOCCOCCOCCOCCO[p+]1npn[p+](NCC(=O)N[C@@H](Cc2ccccc2)C(=O)N[C@@H](CC(C)C)C(=O)NCC(=O)N[C@@H]2C[C@H](O[C@H]3C[C@](O)(C(=O)CO)Cc4c(O)c5c(c(O)c43)C(=O)c3c(OC)cccc3C5=O)O[C@@H](C)[C@H]2O)n1. The van der Waals surface area contributed by atoms with E-state index >= 15 is 0 Å². The summed E-state index contributed by atoms with van der Waals surface area (Å²) in [5.41, 5.74) is -3.78. The number of rotatable bonds is 41. The third-order valence-corrected chi connectivity index (χ3v) is 19.4. The van der Waals surface area contributed by atoms with E-state index in [1.165, 1.54) is 32.2 Å². The van der Waals surface area contributed by atoms with Crippen LogP contribution in [0.1, 0.15) is 94.7 Å². The number of ether oxygens (including phenoxy) is 10. The molecule has 1 aromatic heterocycles. The minimum absolute atomic E-state index is 0.0170. The number of nitrogens with zero attached hydrogens (tertiary/aromatic N) is 3. The molecule has 7 rings (SSSR count). The van der Waals surface area contributed by atoms with E-state index < -0.39 is 154 Å². The number of aliphatic hydroxyl groups is 3. The zero-order chi connectivity index (χ0) is 68.4. The van der Waals surface area contributed by atoms with Crippen molar-refractivity contribution in [1.29, 1.82) is 0 Å². The van der Waals surface area contributed by atoms with Crippen LogP contribution >= 0.6 is 24.6 Å². The number of aromatic hydroxyl groups is 2. The number of phenolic OH excluding ortho intramolecular Hbond substituents is 2. The van der Waals surface area contributed by atoms with Gasteiger partial charge in [0.25, 0.3) is 0 Å². The Hall–Kier alpha value is -6.31. The molecule has 0 saturated carbocycles. The summed E-state index contributed by atoms with van der Waals surface area (Å²) >= 11 is 0. The number of hydrogen-bond acceptors (Lipinski definition) is 27. The summed E-state index contributed by atoms with van der Waals surface area (Å²) in [6.07, 6.45) is -6.92. The number of Topliss-reactive ketones (excluding diaryl/α,β-unsaturated/α-hetero) is 1. The number of benzene rings is 3. The van der Waals surface area contributed by atoms with Crippen LogP contribution in [0.3, 0.4) is 0 Å². The summed E-state index contributed by atoms with van der Waals surface area (Å²) in [5, 5.41) is 70.4. The molecule has 31 nitrogen and oxygen atoms in total. The largest absolute Gasteiger partial charge is 0.538 e. The van der Waals surface area contributed by atoms with Gasteiger partial charge in [-0.3, -0.25) is 33.6 Å². The first-order valence-corrected chi connectivity index (χ1v) is 34.2. The second kappa shape index (κ2) is 38.6. The molecule has 34 heteroatoms. The molecule has 3 aliphatic rings. The molecule has 10 atom stereocenters. The van der Waals surface area contributed by atoms with Crippen LogP contribution in [0.4, 0.5) is 0 Å². The molecule has 1 aliphatic heterocycles. The molecule has 4 aromatic rings. The van der Waals surface area contributed by atoms with E-state index in [-0.39, 0.29) is 72.9 Å². The summed E-state index contributed by atoms with van der Waals surface area (Å²) in [6, 6.07) is 9.64. The molecule has 3 aromatic carbocycles. The van der Waals surface area contributed by atoms with Gasteiger partial charge in [-0.05, 0) is 30.9 Å². The normalized spacial score (nSPS) is 20.1. The van der Waals surface area contributed by atoms with Crippen LogP contribution in [-0.4, -0.2) is 249 Å². The fourth-order valence-electron chi connectivity index (χ4n) is 10.7. The maximum Gasteiger partial charge on any atom is 0.538 e. The fourth-order valence-corrected chi connectivity index (χ4v) is 14.7. The van der Waals surface area contributed by atoms with Gasteiger partial charge in [0, 0.05) is 49.5 Å². The summed E-state index contributed by atoms with van der Waals surface area (Å²) in [6.45, 7) is 8.86. The van der Waals surface area contributed by atoms with Gasteiger partial charge < -0.3 is 94.2 Å². The van der Waals surface area contributed by atoms with E-state index in [1.54, 1.807) is 37.4 Å². The van der Waals surface area contributed by atoms with E-state index in [2.05, 4.69) is 39.9 Å². The summed E-state index contributed by atoms with van der Waals surface area (Å²) in [7, 11) is 0.0780. The van der Waals surface area contributed by atoms with Crippen molar-refractivity contribution in [3.8, 4) is 17.2 Å². The predicted octanol–water partition coefficient (Wildman–Crippen LogP) is 1.25. The van der Waals surface area contributed by atoms with Crippen molar-refractivity contribution in [3.05, 3.63) is 87.5 Å². The Kier molecular flexibility index (Phi) is 30.9. The van der Waals surface area contributed by atoms with Crippen molar-refractivity contribution in [2.24, 2.45) is 5.92 Å². The molecular weight excluding hydrogens is 1310 g/mol. The third-order valence-electron chi connectivity index (χ3n) is 15.3. The number of aromatic nitrogens is 3. The Morgan fingerprint density at radius 3 is 1.97 bits per heavy atom. The molecule has 2 unspecified atom stereocenters. The first-order valence-electron chi connectivity index (χ1n) is 31.0. The molecule has 1 fully saturated rings. The zero-order valence-electron chi connectivity index (χ0n) is 53.6. The number of carbonyl (C=O) groups is 7. The van der Waals surface area contributed by atoms with E-state index in [0.717, 1.165) is 0 Å². The molecule has 0 spiro atoms. The van der Waals surface area contributed by atoms with Crippen LogP contribution in [0.15, 0.2) is 48.5 Å². The van der Waals surface area contributed by atoms with Crippen molar-refractivity contribution in [1.82, 2.24) is 34.8 Å². The summed E-state index contributed by atoms with van der Waals surface area (Å²) in [5.74, 6) is -7.32. The van der Waals surface area contributed by atoms with E-state index in [9.17, 15) is 59.1 Å². The topological polar surface area (TPSA) is 421 Å². The van der Waals surface area contributed by atoms with E-state index in [4.69, 9.17) is 51.9 Å². The number of nitrogens with one attached hydrogen (secondary N) is 5. The Balaban J connectivity index is 0.876. The second-order valence-electron chi connectivity index (χ2n) is 22.6. The van der Waals surface area contributed by atoms with Gasteiger partial charge in [0.15, 0.2) is 17.9 Å². The average molecular weight is 1390 g/mol. The average Bonchev–Trinajstić information content (AvgIpc) is 0.712. The van der Waals surface area contributed by atoms with Crippen molar-refractivity contribution >= 4 is 65.6 Å². The zero-order valence-corrected chi connectivity index (χ0v) is 56.2. The lowest BCUT2D eigenvalue weighted by Gasteiger charge is -2.43. The number of amides is 4. The van der Waals surface area contributed by atoms with Crippen molar-refractivity contribution in [3.63, 3.8) is 0 Å². The molecule has 10 N–H and O–H groups in total. The van der Waals surface area contributed by atoms with Gasteiger partial charge in [0.05, 0.1) is 134 Å².